The molecule has 11 atom stereocenters. The highest BCUT2D eigenvalue weighted by Crippen LogP contribution is 2.76. The summed E-state index contributed by atoms with van der Waals surface area (Å²) in [4.78, 5) is 0. The van der Waals surface area contributed by atoms with Gasteiger partial charge in [0.1, 0.15) is 0 Å². The van der Waals surface area contributed by atoms with E-state index < -0.39 is 22.9 Å². The van der Waals surface area contributed by atoms with Crippen molar-refractivity contribution < 1.29 is 25.2 Å². The van der Waals surface area contributed by atoms with Crippen molar-refractivity contribution in [3.63, 3.8) is 0 Å². The third kappa shape index (κ3) is 3.17. The molecule has 1 heterocycles. The van der Waals surface area contributed by atoms with Gasteiger partial charge in [0, 0.05) is 5.92 Å². The molecule has 4 N–H and O–H groups in total. The average molecular weight is 493 g/mol. The Kier molecular flexibility index (Phi) is 5.63. The lowest BCUT2D eigenvalue weighted by atomic mass is 9.35. The lowest BCUT2D eigenvalue weighted by Crippen LogP contribution is -2.69. The molecule has 0 aromatic heterocycles. The lowest BCUT2D eigenvalue weighted by molar-refractivity contribution is -0.277. The van der Waals surface area contributed by atoms with Crippen LogP contribution in [0, 0.1) is 39.4 Å². The Morgan fingerprint density at radius 3 is 2.03 bits per heavy atom. The van der Waals surface area contributed by atoms with E-state index in [1.807, 2.05) is 6.92 Å². The quantitative estimate of drug-likeness (QED) is 0.443. The smallest absolute Gasteiger partial charge is 0.0991 e. The Balaban J connectivity index is 1.52. The van der Waals surface area contributed by atoms with Crippen LogP contribution in [-0.2, 0) is 4.74 Å². The molecule has 5 aliphatic rings. The lowest BCUT2D eigenvalue weighted by Gasteiger charge is -2.71. The van der Waals surface area contributed by atoms with Gasteiger partial charge in [-0.1, -0.05) is 34.6 Å². The van der Waals surface area contributed by atoms with Gasteiger partial charge in [0.15, 0.2) is 0 Å². The number of fused-ring (bicyclic) bond motifs is 5. The van der Waals surface area contributed by atoms with Gasteiger partial charge < -0.3 is 25.2 Å². The maximum Gasteiger partial charge on any atom is 0.0991 e. The fraction of sp³-hybridized carbons (Fsp3) is 1.00. The van der Waals surface area contributed by atoms with Gasteiger partial charge in [0.25, 0.3) is 0 Å². The zero-order valence-corrected chi connectivity index (χ0v) is 23.5. The van der Waals surface area contributed by atoms with Gasteiger partial charge in [-0.15, -0.1) is 0 Å². The summed E-state index contributed by atoms with van der Waals surface area (Å²) >= 11 is 0. The van der Waals surface area contributed by atoms with Crippen molar-refractivity contribution in [3.8, 4) is 0 Å². The van der Waals surface area contributed by atoms with Crippen molar-refractivity contribution in [2.75, 3.05) is 0 Å². The van der Waals surface area contributed by atoms with E-state index in [9.17, 15) is 20.4 Å². The molecule has 5 fully saturated rings. The summed E-state index contributed by atoms with van der Waals surface area (Å²) in [5.74, 6) is 0.553. The van der Waals surface area contributed by atoms with Gasteiger partial charge in [-0.25, -0.2) is 0 Å². The van der Waals surface area contributed by atoms with Gasteiger partial charge in [0.05, 0.1) is 35.1 Å². The second-order valence-corrected chi connectivity index (χ2v) is 15.6. The van der Waals surface area contributed by atoms with Crippen molar-refractivity contribution in [1.82, 2.24) is 0 Å². The maximum absolute atomic E-state index is 12.5. The molecule has 4 saturated carbocycles. The SMILES string of the molecule is CC(C)(O)[C@@H]1CCC(C)([C@@]2(O)CC[C@]3(C)C2C(O)CC2[C@@]4(C)CC[C@H](O)C(C)(C)C4CC[C@]23C)O1. The van der Waals surface area contributed by atoms with Crippen molar-refractivity contribution in [2.24, 2.45) is 39.4 Å². The third-order valence-corrected chi connectivity index (χ3v) is 13.4. The van der Waals surface area contributed by atoms with E-state index in [4.69, 9.17) is 4.74 Å². The topological polar surface area (TPSA) is 90.2 Å². The molecule has 0 bridgehead atoms. The third-order valence-electron chi connectivity index (χ3n) is 13.4. The molecule has 5 rings (SSSR count). The zero-order chi connectivity index (χ0) is 26.0. The van der Waals surface area contributed by atoms with Crippen LogP contribution in [0.25, 0.3) is 0 Å². The van der Waals surface area contributed by atoms with Gasteiger partial charge in [-0.2, -0.15) is 0 Å². The maximum atomic E-state index is 12.5. The summed E-state index contributed by atoms with van der Waals surface area (Å²) in [5.41, 5.74) is -3.08. The Morgan fingerprint density at radius 2 is 1.43 bits per heavy atom. The van der Waals surface area contributed by atoms with Crippen LogP contribution in [0.15, 0.2) is 0 Å². The molecule has 5 heteroatoms. The number of hydrogen-bond donors (Lipinski definition) is 4. The summed E-state index contributed by atoms with van der Waals surface area (Å²) in [6, 6.07) is 0. The molecule has 0 amide bonds. The Bertz CT molecular complexity index is 865. The summed E-state index contributed by atoms with van der Waals surface area (Å²) in [5, 5.41) is 45.9. The minimum absolute atomic E-state index is 0.00954. The Labute approximate surface area is 213 Å². The predicted molar refractivity (Wildman–Crippen MR) is 137 cm³/mol. The molecular formula is C30H52O5. The largest absolute Gasteiger partial charge is 0.393 e. The molecule has 202 valence electrons. The normalized spacial score (nSPS) is 57.9. The van der Waals surface area contributed by atoms with Gasteiger partial charge >= 0.3 is 0 Å². The summed E-state index contributed by atoms with van der Waals surface area (Å²) < 4.78 is 6.52. The first-order valence-corrected chi connectivity index (χ1v) is 14.4. The molecule has 5 nitrogen and oxygen atoms in total. The standard InChI is InChI=1S/C30H52O5/c1-24(2)19-9-13-27(6)20(26(19,5)12-10-21(24)32)17-18(31)23-28(27,7)15-16-30(23,34)29(8)14-11-22(35-29)25(3,4)33/h18-23,31-34H,9-17H2,1-8H3/t18?,19?,20?,21-,22-,23?,26-,27+,28+,29?,30+/m0/s1. The fourth-order valence-electron chi connectivity index (χ4n) is 11.1. The summed E-state index contributed by atoms with van der Waals surface area (Å²) in [6.07, 6.45) is 6.50. The van der Waals surface area contributed by atoms with Gasteiger partial charge in [-0.05, 0) is 112 Å². The fourth-order valence-corrected chi connectivity index (χ4v) is 11.1. The molecule has 5 unspecified atom stereocenters. The average Bonchev–Trinajstić information content (AvgIpc) is 3.29. The molecule has 0 aromatic carbocycles. The molecule has 4 aliphatic carbocycles. The van der Waals surface area contributed by atoms with E-state index in [1.54, 1.807) is 13.8 Å². The monoisotopic (exact) mass is 492 g/mol. The first-order chi connectivity index (χ1) is 15.9. The number of rotatable bonds is 2. The Hall–Kier alpha value is -0.200. The molecule has 1 saturated heterocycles. The van der Waals surface area contributed by atoms with Gasteiger partial charge in [-0.3, -0.25) is 0 Å². The van der Waals surface area contributed by atoms with Crippen molar-refractivity contribution in [2.45, 2.75) is 148 Å². The highest BCUT2D eigenvalue weighted by molar-refractivity contribution is 5.25. The minimum atomic E-state index is -1.12. The van der Waals surface area contributed by atoms with E-state index >= 15 is 0 Å². The molecular weight excluding hydrogens is 440 g/mol. The first-order valence-electron chi connectivity index (χ1n) is 14.4. The second-order valence-electron chi connectivity index (χ2n) is 15.6. The van der Waals surface area contributed by atoms with Crippen LogP contribution in [-0.4, -0.2) is 55.5 Å². The van der Waals surface area contributed by atoms with Crippen LogP contribution in [0.1, 0.15) is 113 Å². The predicted octanol–water partition coefficient (Wildman–Crippen LogP) is 4.83. The number of aliphatic hydroxyl groups is 4. The van der Waals surface area contributed by atoms with Crippen LogP contribution in [0.2, 0.25) is 0 Å². The van der Waals surface area contributed by atoms with E-state index in [0.717, 1.165) is 38.5 Å². The number of aliphatic hydroxyl groups excluding tert-OH is 2. The van der Waals surface area contributed by atoms with Gasteiger partial charge in [0.2, 0.25) is 0 Å². The highest BCUT2D eigenvalue weighted by Gasteiger charge is 2.75. The molecule has 0 spiro atoms. The van der Waals surface area contributed by atoms with Crippen LogP contribution in [0.4, 0.5) is 0 Å². The summed E-state index contributed by atoms with van der Waals surface area (Å²) in [7, 11) is 0. The van der Waals surface area contributed by atoms with E-state index in [1.165, 1.54) is 0 Å². The molecule has 0 radical (unpaired) electrons. The van der Waals surface area contributed by atoms with E-state index in [0.29, 0.717) is 31.1 Å². The van der Waals surface area contributed by atoms with Crippen LogP contribution in [0.3, 0.4) is 0 Å². The highest BCUT2D eigenvalue weighted by atomic mass is 16.5. The van der Waals surface area contributed by atoms with Crippen LogP contribution < -0.4 is 0 Å². The Morgan fingerprint density at radius 1 is 0.771 bits per heavy atom. The van der Waals surface area contributed by atoms with Crippen LogP contribution in [0.5, 0.6) is 0 Å². The number of ether oxygens (including phenoxy) is 1. The first kappa shape index (κ1) is 26.4. The van der Waals surface area contributed by atoms with E-state index in [-0.39, 0.29) is 39.8 Å². The second kappa shape index (κ2) is 7.46. The van der Waals surface area contributed by atoms with Crippen LogP contribution >= 0.6 is 0 Å². The minimum Gasteiger partial charge on any atom is -0.393 e. The van der Waals surface area contributed by atoms with Crippen molar-refractivity contribution in [1.29, 1.82) is 0 Å². The summed E-state index contributed by atoms with van der Waals surface area (Å²) in [6.45, 7) is 17.3. The van der Waals surface area contributed by atoms with E-state index in [2.05, 4.69) is 34.6 Å². The number of hydrogen-bond acceptors (Lipinski definition) is 5. The molecule has 35 heavy (non-hydrogen) atoms. The molecule has 1 aliphatic heterocycles. The zero-order valence-electron chi connectivity index (χ0n) is 23.5. The van der Waals surface area contributed by atoms with Crippen molar-refractivity contribution in [3.05, 3.63) is 0 Å². The molecule has 0 aromatic rings. The van der Waals surface area contributed by atoms with Crippen molar-refractivity contribution >= 4 is 0 Å².